The van der Waals surface area contributed by atoms with E-state index in [4.69, 9.17) is 0 Å². The molecule has 140 valence electrons. The number of nitrogens with one attached hydrogen (secondary N) is 2. The normalized spacial score (nSPS) is 21.4. The lowest BCUT2D eigenvalue weighted by Gasteiger charge is -2.36. The first-order valence-corrected chi connectivity index (χ1v) is 8.98. The lowest BCUT2D eigenvalue weighted by molar-refractivity contribution is -0.121. The van der Waals surface area contributed by atoms with Crippen LogP contribution in [0.25, 0.3) is 0 Å². The molecule has 1 aromatic carbocycles. The van der Waals surface area contributed by atoms with E-state index in [1.54, 1.807) is 9.36 Å². The van der Waals surface area contributed by atoms with Crippen molar-refractivity contribution in [2.24, 2.45) is 13.0 Å². The molecular weight excluding hydrogens is 342 g/mol. The highest BCUT2D eigenvalue weighted by molar-refractivity contribution is 5.94. The van der Waals surface area contributed by atoms with Crippen LogP contribution in [0.4, 0.5) is 11.6 Å². The van der Waals surface area contributed by atoms with Gasteiger partial charge in [0, 0.05) is 30.5 Å². The maximum Gasteiger partial charge on any atom is 0.232 e. The SMILES string of the molecule is Cc1ccccc1NC(=O)[C@@H]1[C@@H](c2cn(C)nc2C)n2ncnc2N[C@@H]1C. The van der Waals surface area contributed by atoms with Crippen molar-refractivity contribution in [2.45, 2.75) is 32.9 Å². The Morgan fingerprint density at radius 2 is 2.04 bits per heavy atom. The Hall–Kier alpha value is -3.16. The van der Waals surface area contributed by atoms with E-state index in [0.29, 0.717) is 5.95 Å². The predicted octanol–water partition coefficient (Wildman–Crippen LogP) is 2.29. The van der Waals surface area contributed by atoms with Gasteiger partial charge in [-0.1, -0.05) is 18.2 Å². The van der Waals surface area contributed by atoms with Gasteiger partial charge in [-0.2, -0.15) is 15.2 Å². The van der Waals surface area contributed by atoms with Gasteiger partial charge in [0.2, 0.25) is 11.9 Å². The lowest BCUT2D eigenvalue weighted by atomic mass is 9.85. The van der Waals surface area contributed by atoms with Gasteiger partial charge in [-0.05, 0) is 32.4 Å². The fraction of sp³-hybridized carbons (Fsp3) is 0.368. The number of nitrogens with zero attached hydrogens (tertiary/aromatic N) is 5. The van der Waals surface area contributed by atoms with Gasteiger partial charge in [0.15, 0.2) is 0 Å². The van der Waals surface area contributed by atoms with E-state index >= 15 is 0 Å². The van der Waals surface area contributed by atoms with Crippen LogP contribution in [0.3, 0.4) is 0 Å². The minimum absolute atomic E-state index is 0.0568. The minimum Gasteiger partial charge on any atom is -0.351 e. The summed E-state index contributed by atoms with van der Waals surface area (Å²) in [6, 6.07) is 7.38. The van der Waals surface area contributed by atoms with Gasteiger partial charge in [-0.25, -0.2) is 4.68 Å². The Kier molecular flexibility index (Phi) is 4.18. The van der Waals surface area contributed by atoms with E-state index in [0.717, 1.165) is 22.5 Å². The number of amides is 1. The number of rotatable bonds is 3. The second-order valence-electron chi connectivity index (χ2n) is 7.08. The Morgan fingerprint density at radius 3 is 2.74 bits per heavy atom. The standard InChI is InChI=1S/C19H23N7O/c1-11-7-5-6-8-15(11)23-18(27)16-13(3)22-19-20-10-21-26(19)17(16)14-9-25(4)24-12(14)2/h5-10,13,16-17H,1-4H3,(H,23,27)(H,20,21,22)/t13-,16+,17-/m1/s1. The Bertz CT molecular complexity index is 990. The van der Waals surface area contributed by atoms with Crippen LogP contribution in [0.15, 0.2) is 36.8 Å². The molecule has 3 aromatic rings. The van der Waals surface area contributed by atoms with Crippen molar-refractivity contribution in [1.82, 2.24) is 24.5 Å². The van der Waals surface area contributed by atoms with Crippen molar-refractivity contribution < 1.29 is 4.79 Å². The van der Waals surface area contributed by atoms with Crippen molar-refractivity contribution in [3.8, 4) is 0 Å². The molecule has 3 atom stereocenters. The van der Waals surface area contributed by atoms with Gasteiger partial charge in [-0.15, -0.1) is 0 Å². The molecule has 4 rings (SSSR count). The highest BCUT2D eigenvalue weighted by atomic mass is 16.2. The Morgan fingerprint density at radius 1 is 1.26 bits per heavy atom. The molecule has 8 heteroatoms. The molecule has 0 saturated heterocycles. The zero-order chi connectivity index (χ0) is 19.1. The molecule has 1 aliphatic heterocycles. The van der Waals surface area contributed by atoms with Gasteiger partial charge in [0.1, 0.15) is 6.33 Å². The van der Waals surface area contributed by atoms with E-state index in [-0.39, 0.29) is 23.9 Å². The highest BCUT2D eigenvalue weighted by Gasteiger charge is 2.42. The number of para-hydroxylation sites is 1. The molecule has 0 bridgehead atoms. The molecule has 0 aliphatic carbocycles. The van der Waals surface area contributed by atoms with Crippen molar-refractivity contribution in [1.29, 1.82) is 0 Å². The summed E-state index contributed by atoms with van der Waals surface area (Å²) in [5.74, 6) is 0.233. The molecule has 0 radical (unpaired) electrons. The Labute approximate surface area is 157 Å². The number of carbonyl (C=O) groups excluding carboxylic acids is 1. The average Bonchev–Trinajstić information content (AvgIpc) is 3.21. The molecule has 2 N–H and O–H groups in total. The van der Waals surface area contributed by atoms with Crippen molar-refractivity contribution in [2.75, 3.05) is 10.6 Å². The molecule has 8 nitrogen and oxygen atoms in total. The largest absolute Gasteiger partial charge is 0.351 e. The molecule has 0 saturated carbocycles. The minimum atomic E-state index is -0.373. The topological polar surface area (TPSA) is 89.7 Å². The van der Waals surface area contributed by atoms with Crippen molar-refractivity contribution in [3.63, 3.8) is 0 Å². The lowest BCUT2D eigenvalue weighted by Crippen LogP contribution is -2.46. The highest BCUT2D eigenvalue weighted by Crippen LogP contribution is 2.37. The van der Waals surface area contributed by atoms with E-state index in [2.05, 4.69) is 25.8 Å². The number of carbonyl (C=O) groups is 1. The zero-order valence-corrected chi connectivity index (χ0v) is 15.8. The average molecular weight is 365 g/mol. The summed E-state index contributed by atoms with van der Waals surface area (Å²) in [4.78, 5) is 17.6. The second-order valence-corrected chi connectivity index (χ2v) is 7.08. The van der Waals surface area contributed by atoms with E-state index in [1.807, 2.05) is 58.3 Å². The third-order valence-corrected chi connectivity index (χ3v) is 5.15. The van der Waals surface area contributed by atoms with Crippen LogP contribution < -0.4 is 10.6 Å². The van der Waals surface area contributed by atoms with Crippen LogP contribution in [-0.2, 0) is 11.8 Å². The van der Waals surface area contributed by atoms with E-state index < -0.39 is 0 Å². The maximum absolute atomic E-state index is 13.3. The maximum atomic E-state index is 13.3. The van der Waals surface area contributed by atoms with Gasteiger partial charge in [0.05, 0.1) is 17.7 Å². The third kappa shape index (κ3) is 2.97. The summed E-state index contributed by atoms with van der Waals surface area (Å²) in [6.45, 7) is 5.93. The summed E-state index contributed by atoms with van der Waals surface area (Å²) in [6.07, 6.45) is 3.47. The van der Waals surface area contributed by atoms with Crippen LogP contribution in [0.1, 0.15) is 29.8 Å². The zero-order valence-electron chi connectivity index (χ0n) is 15.8. The summed E-state index contributed by atoms with van der Waals surface area (Å²) >= 11 is 0. The van der Waals surface area contributed by atoms with E-state index in [1.165, 1.54) is 6.33 Å². The number of anilines is 2. The molecule has 27 heavy (non-hydrogen) atoms. The van der Waals surface area contributed by atoms with Gasteiger partial charge >= 0.3 is 0 Å². The van der Waals surface area contributed by atoms with Gasteiger partial charge in [0.25, 0.3) is 0 Å². The van der Waals surface area contributed by atoms with Crippen LogP contribution in [0.5, 0.6) is 0 Å². The van der Waals surface area contributed by atoms with Crippen molar-refractivity contribution >= 4 is 17.5 Å². The quantitative estimate of drug-likeness (QED) is 0.743. The number of hydrogen-bond acceptors (Lipinski definition) is 5. The number of aromatic nitrogens is 5. The first-order chi connectivity index (χ1) is 13.0. The van der Waals surface area contributed by atoms with E-state index in [9.17, 15) is 4.79 Å². The second kappa shape index (κ2) is 6.53. The summed E-state index contributed by atoms with van der Waals surface area (Å²) in [7, 11) is 1.88. The number of hydrogen-bond donors (Lipinski definition) is 2. The van der Waals surface area contributed by atoms with Crippen LogP contribution in [-0.4, -0.2) is 36.5 Å². The fourth-order valence-corrected chi connectivity index (χ4v) is 3.81. The molecule has 0 unspecified atom stereocenters. The number of aryl methyl sites for hydroxylation is 3. The molecule has 1 aliphatic rings. The summed E-state index contributed by atoms with van der Waals surface area (Å²) in [5.41, 5.74) is 3.70. The predicted molar refractivity (Wildman–Crippen MR) is 102 cm³/mol. The first kappa shape index (κ1) is 17.3. The molecule has 1 amide bonds. The number of benzene rings is 1. The molecule has 2 aromatic heterocycles. The molecule has 0 fully saturated rings. The summed E-state index contributed by atoms with van der Waals surface area (Å²) in [5, 5.41) is 15.2. The van der Waals surface area contributed by atoms with Crippen LogP contribution >= 0.6 is 0 Å². The molecular formula is C19H23N7O. The molecule has 3 heterocycles. The Balaban J connectivity index is 1.76. The smallest absolute Gasteiger partial charge is 0.232 e. The van der Waals surface area contributed by atoms with Crippen molar-refractivity contribution in [3.05, 3.63) is 53.6 Å². The third-order valence-electron chi connectivity index (χ3n) is 5.15. The van der Waals surface area contributed by atoms with Gasteiger partial charge in [-0.3, -0.25) is 9.48 Å². The monoisotopic (exact) mass is 365 g/mol. The van der Waals surface area contributed by atoms with Crippen LogP contribution in [0.2, 0.25) is 0 Å². The summed E-state index contributed by atoms with van der Waals surface area (Å²) < 4.78 is 3.55. The molecule has 0 spiro atoms. The van der Waals surface area contributed by atoms with Crippen LogP contribution in [0, 0.1) is 19.8 Å². The fourth-order valence-electron chi connectivity index (χ4n) is 3.81. The van der Waals surface area contributed by atoms with Gasteiger partial charge < -0.3 is 10.6 Å². The number of fused-ring (bicyclic) bond motifs is 1. The first-order valence-electron chi connectivity index (χ1n) is 8.98.